The van der Waals surface area contributed by atoms with Gasteiger partial charge in [0.15, 0.2) is 13.9 Å². The first kappa shape index (κ1) is 28.1. The molecule has 0 bridgehead atoms. The van der Waals surface area contributed by atoms with E-state index in [0.717, 1.165) is 29.6 Å². The van der Waals surface area contributed by atoms with Crippen molar-refractivity contribution in [3.8, 4) is 0 Å². The zero-order valence-electron chi connectivity index (χ0n) is 21.6. The maximum atomic E-state index is 14.4. The summed E-state index contributed by atoms with van der Waals surface area (Å²) in [5.74, 6) is -0.261. The lowest BCUT2D eigenvalue weighted by molar-refractivity contribution is -0.146. The number of ether oxygens (including phenoxy) is 1. The van der Waals surface area contributed by atoms with E-state index in [0.29, 0.717) is 25.9 Å². The number of carbonyl (C=O) groups is 1. The quantitative estimate of drug-likeness (QED) is 0.260. The molecule has 1 aromatic heterocycles. The fourth-order valence-electron chi connectivity index (χ4n) is 6.23. The minimum absolute atomic E-state index is 0.0236. The van der Waals surface area contributed by atoms with Crippen LogP contribution < -0.4 is 4.90 Å². The van der Waals surface area contributed by atoms with E-state index < -0.39 is 13.9 Å². The van der Waals surface area contributed by atoms with Crippen molar-refractivity contribution in [2.75, 3.05) is 11.5 Å². The number of benzene rings is 2. The summed E-state index contributed by atoms with van der Waals surface area (Å²) in [6, 6.07) is 14.3. The van der Waals surface area contributed by atoms with Crippen molar-refractivity contribution in [2.45, 2.75) is 63.2 Å². The van der Waals surface area contributed by atoms with Crippen LogP contribution in [0.1, 0.15) is 30.2 Å². The van der Waals surface area contributed by atoms with Gasteiger partial charge in [-0.15, -0.1) is 5.10 Å². The first-order valence-electron chi connectivity index (χ1n) is 12.8. The first-order chi connectivity index (χ1) is 18.0. The van der Waals surface area contributed by atoms with Gasteiger partial charge in [-0.05, 0) is 101 Å². The predicted octanol–water partition coefficient (Wildman–Crippen LogP) is 4.46. The van der Waals surface area contributed by atoms with E-state index in [1.54, 1.807) is 4.68 Å². The van der Waals surface area contributed by atoms with Gasteiger partial charge in [0.1, 0.15) is 0 Å². The molecule has 38 heavy (non-hydrogen) atoms. The molecular weight excluding hydrogens is 726 g/mol. The second-order valence-corrected chi connectivity index (χ2v) is 17.2. The smallest absolute Gasteiger partial charge is 0.264 e. The Morgan fingerprint density at radius 2 is 1.92 bits per heavy atom. The normalized spacial score (nSPS) is 25.0. The number of aryl methyl sites for hydroxylation is 1. The van der Waals surface area contributed by atoms with E-state index in [2.05, 4.69) is 74.6 Å². The molecule has 1 spiro atoms. The molecule has 1 fully saturated rings. The number of rotatable bonds is 8. The van der Waals surface area contributed by atoms with Crippen LogP contribution in [0.4, 0.5) is 5.69 Å². The Morgan fingerprint density at radius 3 is 2.63 bits per heavy atom. The Labute approximate surface area is 251 Å². The molecule has 0 saturated carbocycles. The lowest BCUT2D eigenvalue weighted by Crippen LogP contribution is -2.46. The molecule has 2 aliphatic rings. The van der Waals surface area contributed by atoms with Gasteiger partial charge in [0.2, 0.25) is 0 Å². The minimum Gasteiger partial charge on any atom is -0.432 e. The highest BCUT2D eigenvalue weighted by Crippen LogP contribution is 2.60. The number of aromatic nitrogens is 3. The third-order valence-corrected chi connectivity index (χ3v) is 11.6. The first-order valence-corrected chi connectivity index (χ1v) is 18.0. The lowest BCUT2D eigenvalue weighted by Gasteiger charge is -2.32. The Kier molecular flexibility index (Phi) is 8.06. The van der Waals surface area contributed by atoms with Crippen LogP contribution in [-0.2, 0) is 34.6 Å². The number of nitrogens with zero attached hydrogens (tertiary/aromatic N) is 4. The van der Waals surface area contributed by atoms with Crippen molar-refractivity contribution in [3.63, 3.8) is 0 Å². The van der Waals surface area contributed by atoms with Crippen molar-refractivity contribution in [3.05, 3.63) is 72.6 Å². The Hall–Kier alpha value is -1.39. The maximum absolute atomic E-state index is 14.4. The summed E-state index contributed by atoms with van der Waals surface area (Å²) >= 11 is 4.58. The van der Waals surface area contributed by atoms with Crippen molar-refractivity contribution in [2.24, 2.45) is 5.92 Å². The van der Waals surface area contributed by atoms with Gasteiger partial charge in [-0.2, -0.15) is 0 Å². The topological polar surface area (TPSA) is 101 Å². The summed E-state index contributed by atoms with van der Waals surface area (Å²) in [6.07, 6.45) is 2.58. The summed E-state index contributed by atoms with van der Waals surface area (Å²) < 4.78 is 10.8. The molecular formula is C27H32I2N4O4Si. The zero-order valence-corrected chi connectivity index (χ0v) is 27.0. The van der Waals surface area contributed by atoms with E-state index in [9.17, 15) is 14.7 Å². The second-order valence-electron chi connectivity index (χ2n) is 10.8. The molecule has 1 amide bonds. The average molecular weight is 758 g/mol. The van der Waals surface area contributed by atoms with E-state index in [-0.39, 0.29) is 30.1 Å². The molecule has 0 radical (unpaired) electrons. The second kappa shape index (κ2) is 10.9. The van der Waals surface area contributed by atoms with Gasteiger partial charge in [0, 0.05) is 49.9 Å². The highest BCUT2D eigenvalue weighted by molar-refractivity contribution is 14.1. The third-order valence-electron chi connectivity index (χ3n) is 7.77. The van der Waals surface area contributed by atoms with Crippen LogP contribution in [0.3, 0.4) is 0 Å². The number of fused-ring (bicyclic) bond motifs is 2. The van der Waals surface area contributed by atoms with Crippen LogP contribution >= 0.6 is 45.2 Å². The van der Waals surface area contributed by atoms with E-state index in [1.807, 2.05) is 54.5 Å². The monoisotopic (exact) mass is 758 g/mol. The van der Waals surface area contributed by atoms with E-state index in [1.165, 1.54) is 0 Å². The average Bonchev–Trinajstić information content (AvgIpc) is 3.48. The molecule has 4 atom stereocenters. The van der Waals surface area contributed by atoms with Gasteiger partial charge < -0.3 is 19.5 Å². The number of amides is 1. The van der Waals surface area contributed by atoms with Crippen molar-refractivity contribution >= 4 is 65.1 Å². The van der Waals surface area contributed by atoms with Crippen LogP contribution in [0.15, 0.2) is 48.7 Å². The fraction of sp³-hybridized carbons (Fsp3) is 0.444. The van der Waals surface area contributed by atoms with Crippen molar-refractivity contribution in [1.82, 2.24) is 15.0 Å². The van der Waals surface area contributed by atoms with Gasteiger partial charge in [-0.3, -0.25) is 9.48 Å². The van der Waals surface area contributed by atoms with Crippen molar-refractivity contribution in [1.29, 1.82) is 0 Å². The number of halogens is 2. The van der Waals surface area contributed by atoms with Crippen LogP contribution in [0.5, 0.6) is 0 Å². The summed E-state index contributed by atoms with van der Waals surface area (Å²) in [7, 11) is -2.73. The van der Waals surface area contributed by atoms with Crippen LogP contribution in [-0.4, -0.2) is 51.8 Å². The van der Waals surface area contributed by atoms with Gasteiger partial charge in [0.25, 0.3) is 5.91 Å². The molecule has 2 N–H and O–H groups in total. The molecule has 8 nitrogen and oxygen atoms in total. The molecule has 3 heterocycles. The van der Waals surface area contributed by atoms with Gasteiger partial charge in [-0.1, -0.05) is 24.3 Å². The Balaban J connectivity index is 1.51. The summed E-state index contributed by atoms with van der Waals surface area (Å²) in [6.45, 7) is 6.99. The molecule has 2 aliphatic heterocycles. The van der Waals surface area contributed by atoms with Crippen molar-refractivity contribution < 1.29 is 19.4 Å². The predicted molar refractivity (Wildman–Crippen MR) is 164 cm³/mol. The van der Waals surface area contributed by atoms with Crippen LogP contribution in [0, 0.1) is 13.1 Å². The number of hydrogen-bond donors (Lipinski definition) is 2. The number of aliphatic hydroxyl groups excluding tert-OH is 1. The molecule has 5 rings (SSSR count). The largest absolute Gasteiger partial charge is 0.432 e. The highest BCUT2D eigenvalue weighted by atomic mass is 127. The Bertz CT molecular complexity index is 1350. The standard InChI is InChI=1S/C27H32I2N4O4Si/c1-17-25(38(2,3)36)24(9-11-32-16-21(10-12-34)30-31-32)37-27(17)22-14-20(29)7-8-23(22)33(26(27)35)15-18-5-4-6-19(28)13-18/h4-8,13-14,16-17,24-25,34,36H,9-12,15H2,1-3H3/t17-,24+,25-,27+/m0/s1. The van der Waals surface area contributed by atoms with E-state index >= 15 is 0 Å². The SMILES string of the molecule is C[C@H]1[C@H]([Si](C)(C)O)[C@@H](CCn2cc(CCO)nn2)O[C@]12C(=O)N(Cc1cccc(I)c1)c1ccc(I)cc12. The lowest BCUT2D eigenvalue weighted by atomic mass is 9.82. The zero-order chi connectivity index (χ0) is 27.2. The molecule has 1 saturated heterocycles. The number of carbonyl (C=O) groups excluding carboxylic acids is 1. The molecule has 202 valence electrons. The molecule has 11 heteroatoms. The van der Waals surface area contributed by atoms with Gasteiger partial charge >= 0.3 is 0 Å². The number of aliphatic hydroxyl groups is 1. The van der Waals surface area contributed by atoms with Gasteiger partial charge in [-0.25, -0.2) is 0 Å². The number of hydrogen-bond acceptors (Lipinski definition) is 6. The highest BCUT2D eigenvalue weighted by Gasteiger charge is 2.66. The maximum Gasteiger partial charge on any atom is 0.264 e. The molecule has 3 aromatic rings. The molecule has 2 aromatic carbocycles. The van der Waals surface area contributed by atoms with Crippen LogP contribution in [0.25, 0.3) is 0 Å². The van der Waals surface area contributed by atoms with Gasteiger partial charge in [0.05, 0.1) is 24.0 Å². The molecule has 0 unspecified atom stereocenters. The van der Waals surface area contributed by atoms with Crippen LogP contribution in [0.2, 0.25) is 18.6 Å². The third kappa shape index (κ3) is 5.09. The Morgan fingerprint density at radius 1 is 1.16 bits per heavy atom. The minimum atomic E-state index is -2.73. The summed E-state index contributed by atoms with van der Waals surface area (Å²) in [4.78, 5) is 27.8. The number of anilines is 1. The van der Waals surface area contributed by atoms with E-state index in [4.69, 9.17) is 4.74 Å². The molecule has 0 aliphatic carbocycles. The summed E-state index contributed by atoms with van der Waals surface area (Å²) in [5.41, 5.74) is 2.28. The summed E-state index contributed by atoms with van der Waals surface area (Å²) in [5, 5.41) is 17.5. The fourth-order valence-corrected chi connectivity index (χ4v) is 9.93.